The van der Waals surface area contributed by atoms with Gasteiger partial charge < -0.3 is 4.98 Å². The molecule has 5 heteroatoms. The van der Waals surface area contributed by atoms with Gasteiger partial charge in [0.05, 0.1) is 11.4 Å². The van der Waals surface area contributed by atoms with Gasteiger partial charge in [-0.3, -0.25) is 4.79 Å². The zero-order valence-corrected chi connectivity index (χ0v) is 12.4. The molecule has 0 saturated carbocycles. The summed E-state index contributed by atoms with van der Waals surface area (Å²) in [4.78, 5) is 20.1. The predicted molar refractivity (Wildman–Crippen MR) is 80.0 cm³/mol. The van der Waals surface area contributed by atoms with Crippen molar-refractivity contribution in [2.45, 2.75) is 30.9 Å². The SMILES string of the molecule is CCc1nc(CSc2cccc(Cl)c2)[nH]c(=O)c1C. The molecule has 0 radical (unpaired) electrons. The van der Waals surface area contributed by atoms with E-state index in [1.807, 2.05) is 31.2 Å². The molecule has 0 amide bonds. The van der Waals surface area contributed by atoms with Gasteiger partial charge in [0.2, 0.25) is 0 Å². The molecular formula is C14H15ClN2OS. The fourth-order valence-corrected chi connectivity index (χ4v) is 2.83. The molecule has 1 aromatic carbocycles. The van der Waals surface area contributed by atoms with Crippen molar-refractivity contribution in [1.82, 2.24) is 9.97 Å². The van der Waals surface area contributed by atoms with Crippen LogP contribution in [0.3, 0.4) is 0 Å². The van der Waals surface area contributed by atoms with Gasteiger partial charge in [0.15, 0.2) is 0 Å². The number of rotatable bonds is 4. The summed E-state index contributed by atoms with van der Waals surface area (Å²) in [6.07, 6.45) is 0.768. The molecule has 1 aromatic heterocycles. The van der Waals surface area contributed by atoms with Gasteiger partial charge >= 0.3 is 0 Å². The maximum atomic E-state index is 11.8. The minimum absolute atomic E-state index is 0.0476. The van der Waals surface area contributed by atoms with Crippen LogP contribution in [0.5, 0.6) is 0 Å². The van der Waals surface area contributed by atoms with E-state index in [4.69, 9.17) is 11.6 Å². The molecule has 0 aliphatic rings. The standard InChI is InChI=1S/C14H15ClN2OS/c1-3-12-9(2)14(18)17-13(16-12)8-19-11-6-4-5-10(15)7-11/h4-7H,3,8H2,1-2H3,(H,16,17,18). The third-order valence-electron chi connectivity index (χ3n) is 2.81. The van der Waals surface area contributed by atoms with Crippen LogP contribution in [-0.2, 0) is 12.2 Å². The smallest absolute Gasteiger partial charge is 0.254 e. The van der Waals surface area contributed by atoms with Crippen LogP contribution < -0.4 is 5.56 Å². The maximum absolute atomic E-state index is 11.8. The second kappa shape index (κ2) is 6.26. The number of hydrogen-bond acceptors (Lipinski definition) is 3. The van der Waals surface area contributed by atoms with E-state index < -0.39 is 0 Å². The van der Waals surface area contributed by atoms with Gasteiger partial charge in [0.1, 0.15) is 5.82 Å². The Balaban J connectivity index is 2.16. The van der Waals surface area contributed by atoms with Gasteiger partial charge in [0, 0.05) is 15.5 Å². The maximum Gasteiger partial charge on any atom is 0.254 e. The number of benzene rings is 1. The van der Waals surface area contributed by atoms with E-state index in [9.17, 15) is 4.79 Å². The van der Waals surface area contributed by atoms with Crippen molar-refractivity contribution in [3.8, 4) is 0 Å². The highest BCUT2D eigenvalue weighted by atomic mass is 35.5. The van der Waals surface area contributed by atoms with Gasteiger partial charge in [-0.25, -0.2) is 4.98 Å². The Morgan fingerprint density at radius 2 is 2.21 bits per heavy atom. The van der Waals surface area contributed by atoms with Gasteiger partial charge in [0.25, 0.3) is 5.56 Å². The summed E-state index contributed by atoms with van der Waals surface area (Å²) in [5.41, 5.74) is 1.53. The number of thioether (sulfide) groups is 1. The van der Waals surface area contributed by atoms with Gasteiger partial charge in [-0.2, -0.15) is 0 Å². The summed E-state index contributed by atoms with van der Waals surface area (Å²) >= 11 is 7.54. The van der Waals surface area contributed by atoms with Gasteiger partial charge in [-0.15, -0.1) is 11.8 Å². The second-order valence-corrected chi connectivity index (χ2v) is 5.67. The van der Waals surface area contributed by atoms with E-state index in [2.05, 4.69) is 9.97 Å². The largest absolute Gasteiger partial charge is 0.310 e. The Labute approximate surface area is 121 Å². The molecule has 2 aromatic rings. The minimum Gasteiger partial charge on any atom is -0.310 e. The van der Waals surface area contributed by atoms with E-state index in [1.54, 1.807) is 18.7 Å². The van der Waals surface area contributed by atoms with Crippen molar-refractivity contribution in [1.29, 1.82) is 0 Å². The average Bonchev–Trinajstić information content (AvgIpc) is 2.40. The van der Waals surface area contributed by atoms with Crippen molar-refractivity contribution in [2.75, 3.05) is 0 Å². The molecular weight excluding hydrogens is 280 g/mol. The lowest BCUT2D eigenvalue weighted by Crippen LogP contribution is -2.17. The highest BCUT2D eigenvalue weighted by Crippen LogP contribution is 2.23. The summed E-state index contributed by atoms with van der Waals surface area (Å²) in [5.74, 6) is 1.33. The number of halogens is 1. The van der Waals surface area contributed by atoms with E-state index >= 15 is 0 Å². The highest BCUT2D eigenvalue weighted by molar-refractivity contribution is 7.98. The molecule has 2 rings (SSSR count). The molecule has 0 saturated heterocycles. The predicted octanol–water partition coefficient (Wildman–Crippen LogP) is 3.59. The van der Waals surface area contributed by atoms with Gasteiger partial charge in [-0.1, -0.05) is 24.6 Å². The molecule has 19 heavy (non-hydrogen) atoms. The topological polar surface area (TPSA) is 45.8 Å². The quantitative estimate of drug-likeness (QED) is 0.877. The Hall–Kier alpha value is -1.26. The summed E-state index contributed by atoms with van der Waals surface area (Å²) < 4.78 is 0. The molecule has 0 unspecified atom stereocenters. The van der Waals surface area contributed by atoms with E-state index in [0.29, 0.717) is 22.2 Å². The van der Waals surface area contributed by atoms with Crippen molar-refractivity contribution >= 4 is 23.4 Å². The number of hydrogen-bond donors (Lipinski definition) is 1. The van der Waals surface area contributed by atoms with Crippen molar-refractivity contribution < 1.29 is 0 Å². The van der Waals surface area contributed by atoms with E-state index in [0.717, 1.165) is 17.0 Å². The number of aromatic nitrogens is 2. The molecule has 0 aliphatic heterocycles. The van der Waals surface area contributed by atoms with Crippen LogP contribution in [0.2, 0.25) is 5.02 Å². The lowest BCUT2D eigenvalue weighted by molar-refractivity contribution is 0.895. The van der Waals surface area contributed by atoms with Crippen LogP contribution in [0.15, 0.2) is 34.0 Å². The van der Waals surface area contributed by atoms with Gasteiger partial charge in [-0.05, 0) is 31.5 Å². The summed E-state index contributed by atoms with van der Waals surface area (Å²) in [6.45, 7) is 3.81. The van der Waals surface area contributed by atoms with E-state index in [-0.39, 0.29) is 5.56 Å². The molecule has 3 nitrogen and oxygen atoms in total. The number of aryl methyl sites for hydroxylation is 1. The van der Waals surface area contributed by atoms with E-state index in [1.165, 1.54) is 0 Å². The first-order chi connectivity index (χ1) is 9.10. The summed E-state index contributed by atoms with van der Waals surface area (Å²) in [5, 5.41) is 0.713. The monoisotopic (exact) mass is 294 g/mol. The summed E-state index contributed by atoms with van der Waals surface area (Å²) in [6, 6.07) is 7.64. The number of H-pyrrole nitrogens is 1. The third kappa shape index (κ3) is 3.61. The van der Waals surface area contributed by atoms with Crippen LogP contribution in [0.4, 0.5) is 0 Å². The van der Waals surface area contributed by atoms with Crippen LogP contribution in [0.1, 0.15) is 24.0 Å². The number of nitrogens with one attached hydrogen (secondary N) is 1. The minimum atomic E-state index is -0.0476. The van der Waals surface area contributed by atoms with Crippen LogP contribution in [-0.4, -0.2) is 9.97 Å². The highest BCUT2D eigenvalue weighted by Gasteiger charge is 2.06. The van der Waals surface area contributed by atoms with Crippen LogP contribution in [0.25, 0.3) is 0 Å². The fraction of sp³-hybridized carbons (Fsp3) is 0.286. The Morgan fingerprint density at radius 1 is 1.42 bits per heavy atom. The first-order valence-electron chi connectivity index (χ1n) is 6.07. The molecule has 1 heterocycles. The van der Waals surface area contributed by atoms with Crippen molar-refractivity contribution in [3.05, 3.63) is 56.7 Å². The zero-order chi connectivity index (χ0) is 13.8. The lowest BCUT2D eigenvalue weighted by Gasteiger charge is -2.06. The number of aromatic amines is 1. The third-order valence-corrected chi connectivity index (χ3v) is 4.05. The Morgan fingerprint density at radius 3 is 2.89 bits per heavy atom. The molecule has 0 bridgehead atoms. The normalized spacial score (nSPS) is 10.7. The summed E-state index contributed by atoms with van der Waals surface area (Å²) in [7, 11) is 0. The second-order valence-electron chi connectivity index (χ2n) is 4.18. The molecule has 0 aliphatic carbocycles. The van der Waals surface area contributed by atoms with Crippen LogP contribution >= 0.6 is 23.4 Å². The Kier molecular flexibility index (Phi) is 4.66. The van der Waals surface area contributed by atoms with Crippen molar-refractivity contribution in [3.63, 3.8) is 0 Å². The molecule has 0 atom stereocenters. The first-order valence-corrected chi connectivity index (χ1v) is 7.43. The molecule has 100 valence electrons. The molecule has 0 spiro atoms. The number of nitrogens with zero attached hydrogens (tertiary/aromatic N) is 1. The first kappa shape index (κ1) is 14.2. The molecule has 1 N–H and O–H groups in total. The zero-order valence-electron chi connectivity index (χ0n) is 10.9. The Bertz CT molecular complexity index is 640. The fourth-order valence-electron chi connectivity index (χ4n) is 1.75. The average molecular weight is 295 g/mol. The lowest BCUT2D eigenvalue weighted by atomic mass is 10.2. The van der Waals surface area contributed by atoms with Crippen molar-refractivity contribution in [2.24, 2.45) is 0 Å². The molecule has 0 fully saturated rings. The van der Waals surface area contributed by atoms with Crippen LogP contribution in [0, 0.1) is 6.92 Å².